The lowest BCUT2D eigenvalue weighted by Crippen LogP contribution is -2.53. The quantitative estimate of drug-likeness (QED) is 0.840. The number of rotatable bonds is 7. The molecule has 1 aliphatic rings. The number of nitrogens with zero attached hydrogens (tertiary/aromatic N) is 1. The molecule has 1 aromatic carbocycles. The van der Waals surface area contributed by atoms with E-state index in [1.165, 1.54) is 19.3 Å². The molecule has 0 aromatic heterocycles. The highest BCUT2D eigenvalue weighted by Crippen LogP contribution is 2.20. The van der Waals surface area contributed by atoms with E-state index in [2.05, 4.69) is 24.1 Å². The van der Waals surface area contributed by atoms with Gasteiger partial charge < -0.3 is 10.1 Å². The Bertz CT molecular complexity index is 491. The summed E-state index contributed by atoms with van der Waals surface area (Å²) >= 11 is 0. The molecule has 1 saturated heterocycles. The number of aryl methyl sites for hydroxylation is 1. The van der Waals surface area contributed by atoms with Gasteiger partial charge in [-0.2, -0.15) is 0 Å². The van der Waals surface area contributed by atoms with E-state index >= 15 is 0 Å². The van der Waals surface area contributed by atoms with Crippen LogP contribution in [0.25, 0.3) is 0 Å². The third-order valence-electron chi connectivity index (χ3n) is 4.73. The zero-order chi connectivity index (χ0) is 16.7. The molecule has 1 aliphatic heterocycles. The maximum atomic E-state index is 12.1. The lowest BCUT2D eigenvalue weighted by molar-refractivity contribution is -0.121. The second-order valence-corrected chi connectivity index (χ2v) is 6.98. The van der Waals surface area contributed by atoms with Gasteiger partial charge in [-0.25, -0.2) is 0 Å². The minimum Gasteiger partial charge on any atom is -0.497 e. The summed E-state index contributed by atoms with van der Waals surface area (Å²) in [6.45, 7) is 7.46. The highest BCUT2D eigenvalue weighted by molar-refractivity contribution is 5.76. The summed E-state index contributed by atoms with van der Waals surface area (Å²) in [5, 5.41) is 3.11. The fourth-order valence-corrected chi connectivity index (χ4v) is 3.06. The minimum atomic E-state index is 0.0379. The molecular formula is C19H30N2O2. The van der Waals surface area contributed by atoms with Crippen LogP contribution in [0, 0.1) is 0 Å². The lowest BCUT2D eigenvalue weighted by atomic mass is 9.98. The van der Waals surface area contributed by atoms with Crippen LogP contribution in [0.15, 0.2) is 24.3 Å². The van der Waals surface area contributed by atoms with Gasteiger partial charge in [-0.3, -0.25) is 9.69 Å². The monoisotopic (exact) mass is 318 g/mol. The van der Waals surface area contributed by atoms with Crippen molar-refractivity contribution in [2.24, 2.45) is 0 Å². The summed E-state index contributed by atoms with van der Waals surface area (Å²) in [6, 6.07) is 7.91. The van der Waals surface area contributed by atoms with E-state index in [-0.39, 0.29) is 11.4 Å². The average Bonchev–Trinajstić information content (AvgIpc) is 2.59. The first-order valence-corrected chi connectivity index (χ1v) is 8.66. The number of ether oxygens (including phenoxy) is 1. The average molecular weight is 318 g/mol. The Kier molecular flexibility index (Phi) is 6.46. The summed E-state index contributed by atoms with van der Waals surface area (Å²) in [4.78, 5) is 14.6. The SMILES string of the molecule is COc1ccc(CCC(=O)NCC(C)(C)N2CCCCC2)cc1. The molecule has 0 saturated carbocycles. The molecule has 2 rings (SSSR count). The second-order valence-electron chi connectivity index (χ2n) is 6.98. The molecule has 0 atom stereocenters. The Morgan fingerprint density at radius 1 is 1.17 bits per heavy atom. The van der Waals surface area contributed by atoms with Crippen LogP contribution in [0.1, 0.15) is 45.1 Å². The summed E-state index contributed by atoms with van der Waals surface area (Å²) in [5.41, 5.74) is 1.20. The van der Waals surface area contributed by atoms with Gasteiger partial charge in [0.25, 0.3) is 0 Å². The molecule has 0 aliphatic carbocycles. The molecule has 1 amide bonds. The molecular weight excluding hydrogens is 288 g/mol. The number of benzene rings is 1. The smallest absolute Gasteiger partial charge is 0.220 e. The van der Waals surface area contributed by atoms with Crippen LogP contribution in [0.5, 0.6) is 5.75 Å². The van der Waals surface area contributed by atoms with E-state index in [0.717, 1.165) is 30.8 Å². The van der Waals surface area contributed by atoms with E-state index in [0.29, 0.717) is 13.0 Å². The van der Waals surface area contributed by atoms with Gasteiger partial charge in [0.2, 0.25) is 5.91 Å². The number of hydrogen-bond donors (Lipinski definition) is 1. The number of hydrogen-bond acceptors (Lipinski definition) is 3. The second kappa shape index (κ2) is 8.34. The third kappa shape index (κ3) is 5.54. The van der Waals surface area contributed by atoms with Crippen molar-refractivity contribution in [3.8, 4) is 5.75 Å². The van der Waals surface area contributed by atoms with Gasteiger partial charge in [0, 0.05) is 18.5 Å². The molecule has 1 N–H and O–H groups in total. The van der Waals surface area contributed by atoms with Crippen molar-refractivity contribution in [2.75, 3.05) is 26.7 Å². The summed E-state index contributed by atoms with van der Waals surface area (Å²) < 4.78 is 5.14. The van der Waals surface area contributed by atoms with Gasteiger partial charge in [0.15, 0.2) is 0 Å². The van der Waals surface area contributed by atoms with Crippen molar-refractivity contribution in [2.45, 2.75) is 51.5 Å². The summed E-state index contributed by atoms with van der Waals surface area (Å²) in [6.07, 6.45) is 5.17. The van der Waals surface area contributed by atoms with Crippen molar-refractivity contribution in [1.82, 2.24) is 10.2 Å². The fourth-order valence-electron chi connectivity index (χ4n) is 3.06. The molecule has 128 valence electrons. The van der Waals surface area contributed by atoms with Crippen LogP contribution in [0.3, 0.4) is 0 Å². The molecule has 4 heteroatoms. The molecule has 0 unspecified atom stereocenters. The number of nitrogens with one attached hydrogen (secondary N) is 1. The minimum absolute atomic E-state index is 0.0379. The number of carbonyl (C=O) groups is 1. The highest BCUT2D eigenvalue weighted by Gasteiger charge is 2.28. The zero-order valence-electron chi connectivity index (χ0n) is 14.7. The summed E-state index contributed by atoms with van der Waals surface area (Å²) in [7, 11) is 1.66. The Morgan fingerprint density at radius 2 is 1.83 bits per heavy atom. The standard InChI is InChI=1S/C19H30N2O2/c1-19(2,21-13-5-4-6-14-21)15-20-18(22)12-9-16-7-10-17(23-3)11-8-16/h7-8,10-11H,4-6,9,12-15H2,1-3H3,(H,20,22). The van der Waals surface area contributed by atoms with Crippen molar-refractivity contribution in [3.63, 3.8) is 0 Å². The van der Waals surface area contributed by atoms with Gasteiger partial charge in [0.05, 0.1) is 7.11 Å². The number of piperidine rings is 1. The zero-order valence-corrected chi connectivity index (χ0v) is 14.7. The fraction of sp³-hybridized carbons (Fsp3) is 0.632. The summed E-state index contributed by atoms with van der Waals surface area (Å²) in [5.74, 6) is 0.979. The van der Waals surface area contributed by atoms with E-state index in [1.54, 1.807) is 7.11 Å². The Morgan fingerprint density at radius 3 is 2.43 bits per heavy atom. The first-order chi connectivity index (χ1) is 11.0. The molecule has 0 spiro atoms. The van der Waals surface area contributed by atoms with Crippen LogP contribution >= 0.6 is 0 Å². The molecule has 4 nitrogen and oxygen atoms in total. The van der Waals surface area contributed by atoms with Gasteiger partial charge in [-0.15, -0.1) is 0 Å². The van der Waals surface area contributed by atoms with E-state index < -0.39 is 0 Å². The molecule has 23 heavy (non-hydrogen) atoms. The predicted octanol–water partition coefficient (Wildman–Crippen LogP) is 3.01. The molecule has 1 fully saturated rings. The van der Waals surface area contributed by atoms with Crippen LogP contribution < -0.4 is 10.1 Å². The van der Waals surface area contributed by atoms with Gasteiger partial charge >= 0.3 is 0 Å². The van der Waals surface area contributed by atoms with Crippen LogP contribution in [-0.2, 0) is 11.2 Å². The number of amides is 1. The molecule has 1 aromatic rings. The number of methoxy groups -OCH3 is 1. The number of likely N-dealkylation sites (tertiary alicyclic amines) is 1. The van der Waals surface area contributed by atoms with Crippen LogP contribution in [0.2, 0.25) is 0 Å². The number of carbonyl (C=O) groups excluding carboxylic acids is 1. The molecule has 1 heterocycles. The predicted molar refractivity (Wildman–Crippen MR) is 93.8 cm³/mol. The van der Waals surface area contributed by atoms with Crippen molar-refractivity contribution in [3.05, 3.63) is 29.8 Å². The van der Waals surface area contributed by atoms with Crippen molar-refractivity contribution >= 4 is 5.91 Å². The normalized spacial score (nSPS) is 16.1. The van der Waals surface area contributed by atoms with Crippen LogP contribution in [-0.4, -0.2) is 43.1 Å². The maximum Gasteiger partial charge on any atom is 0.220 e. The largest absolute Gasteiger partial charge is 0.497 e. The topological polar surface area (TPSA) is 41.6 Å². The third-order valence-corrected chi connectivity index (χ3v) is 4.73. The first-order valence-electron chi connectivity index (χ1n) is 8.66. The van der Waals surface area contributed by atoms with Gasteiger partial charge in [-0.05, 0) is 63.9 Å². The van der Waals surface area contributed by atoms with Crippen molar-refractivity contribution < 1.29 is 9.53 Å². The Balaban J connectivity index is 1.73. The van der Waals surface area contributed by atoms with Crippen LogP contribution in [0.4, 0.5) is 0 Å². The maximum absolute atomic E-state index is 12.1. The van der Waals surface area contributed by atoms with E-state index in [1.807, 2.05) is 24.3 Å². The Hall–Kier alpha value is -1.55. The molecule has 0 bridgehead atoms. The molecule has 0 radical (unpaired) electrons. The van der Waals surface area contributed by atoms with Crippen molar-refractivity contribution in [1.29, 1.82) is 0 Å². The van der Waals surface area contributed by atoms with E-state index in [9.17, 15) is 4.79 Å². The van der Waals surface area contributed by atoms with Gasteiger partial charge in [-0.1, -0.05) is 18.6 Å². The van der Waals surface area contributed by atoms with E-state index in [4.69, 9.17) is 4.74 Å². The lowest BCUT2D eigenvalue weighted by Gasteiger charge is -2.41. The first kappa shape index (κ1) is 17.8. The Labute approximate surface area is 140 Å². The van der Waals surface area contributed by atoms with Gasteiger partial charge in [0.1, 0.15) is 5.75 Å². The highest BCUT2D eigenvalue weighted by atomic mass is 16.5.